The van der Waals surface area contributed by atoms with Gasteiger partial charge in [0.25, 0.3) is 0 Å². The summed E-state index contributed by atoms with van der Waals surface area (Å²) in [5.74, 6) is 0.340. The maximum atomic E-state index is 12.9. The summed E-state index contributed by atoms with van der Waals surface area (Å²) in [5, 5.41) is 2.94. The minimum Gasteiger partial charge on any atom is -0.466 e. The fraction of sp³-hybridized carbons (Fsp3) is 0.476. The second-order valence-corrected chi connectivity index (χ2v) is 9.74. The standard InChI is InChI=1S/C21H25F3N2O5S/c1-13-11-19(15(3)30-13)14(2)25-20(27)16-7-9-26(10-8-16)32(28,29)18-6-4-5-17(12-18)31-21(22,23)24/h4-6,11-12,14,16H,7-10H2,1-3H3,(H,25,27). The normalized spacial score (nSPS) is 17.2. The predicted molar refractivity (Wildman–Crippen MR) is 109 cm³/mol. The first-order valence-electron chi connectivity index (χ1n) is 10.1. The number of halogens is 3. The molecule has 1 saturated heterocycles. The summed E-state index contributed by atoms with van der Waals surface area (Å²) in [7, 11) is -4.02. The molecular weight excluding hydrogens is 449 g/mol. The van der Waals surface area contributed by atoms with E-state index >= 15 is 0 Å². The second kappa shape index (κ2) is 9.14. The molecule has 1 aromatic carbocycles. The Labute approximate surface area is 184 Å². The number of rotatable bonds is 6. The van der Waals surface area contributed by atoms with E-state index in [1.54, 1.807) is 0 Å². The lowest BCUT2D eigenvalue weighted by atomic mass is 9.96. The molecule has 7 nitrogen and oxygen atoms in total. The van der Waals surface area contributed by atoms with Gasteiger partial charge in [0, 0.05) is 30.6 Å². The fourth-order valence-corrected chi connectivity index (χ4v) is 5.33. The monoisotopic (exact) mass is 474 g/mol. The number of furan rings is 1. The number of sulfonamides is 1. The van der Waals surface area contributed by atoms with Crippen molar-refractivity contribution in [3.63, 3.8) is 0 Å². The maximum Gasteiger partial charge on any atom is 0.573 e. The molecule has 1 fully saturated rings. The Balaban J connectivity index is 1.61. The van der Waals surface area contributed by atoms with Crippen molar-refractivity contribution in [2.75, 3.05) is 13.1 Å². The Morgan fingerprint density at radius 1 is 1.22 bits per heavy atom. The number of hydrogen-bond donors (Lipinski definition) is 1. The average molecular weight is 475 g/mol. The first kappa shape index (κ1) is 24.1. The number of nitrogens with zero attached hydrogens (tertiary/aromatic N) is 1. The van der Waals surface area contributed by atoms with E-state index in [2.05, 4.69) is 10.1 Å². The largest absolute Gasteiger partial charge is 0.573 e. The SMILES string of the molecule is Cc1cc(C(C)NC(=O)C2CCN(S(=O)(=O)c3cccc(OC(F)(F)F)c3)CC2)c(C)o1. The Kier molecular flexibility index (Phi) is 6.89. The Hall–Kier alpha value is -2.53. The third kappa shape index (κ3) is 5.63. The molecule has 0 spiro atoms. The van der Waals surface area contributed by atoms with Crippen LogP contribution in [-0.4, -0.2) is 38.1 Å². The first-order chi connectivity index (χ1) is 14.9. The molecule has 1 aliphatic rings. The van der Waals surface area contributed by atoms with E-state index in [1.807, 2.05) is 26.8 Å². The number of ether oxygens (including phenoxy) is 1. The Morgan fingerprint density at radius 3 is 2.44 bits per heavy atom. The summed E-state index contributed by atoms with van der Waals surface area (Å²) in [6, 6.07) is 5.90. The summed E-state index contributed by atoms with van der Waals surface area (Å²) in [6.07, 6.45) is -4.31. The lowest BCUT2D eigenvalue weighted by molar-refractivity contribution is -0.274. The van der Waals surface area contributed by atoms with Gasteiger partial charge in [-0.3, -0.25) is 4.79 Å². The van der Waals surface area contributed by atoms with Gasteiger partial charge >= 0.3 is 6.36 Å². The van der Waals surface area contributed by atoms with Crippen molar-refractivity contribution < 1.29 is 35.5 Å². The number of carbonyl (C=O) groups is 1. The minimum atomic E-state index is -4.92. The fourth-order valence-electron chi connectivity index (χ4n) is 3.83. The Morgan fingerprint density at radius 2 is 1.88 bits per heavy atom. The molecule has 1 N–H and O–H groups in total. The zero-order valence-electron chi connectivity index (χ0n) is 17.9. The van der Waals surface area contributed by atoms with Gasteiger partial charge in [0.15, 0.2) is 0 Å². The molecule has 1 atom stereocenters. The molecule has 0 bridgehead atoms. The van der Waals surface area contributed by atoms with Gasteiger partial charge < -0.3 is 14.5 Å². The van der Waals surface area contributed by atoms with E-state index < -0.39 is 22.1 Å². The zero-order valence-corrected chi connectivity index (χ0v) is 18.7. The van der Waals surface area contributed by atoms with Gasteiger partial charge in [0.05, 0.1) is 10.9 Å². The molecule has 3 rings (SSSR count). The van der Waals surface area contributed by atoms with E-state index in [1.165, 1.54) is 16.4 Å². The van der Waals surface area contributed by atoms with Gasteiger partial charge in [-0.25, -0.2) is 8.42 Å². The van der Waals surface area contributed by atoms with Crippen LogP contribution >= 0.6 is 0 Å². The number of aryl methyl sites for hydroxylation is 2. The molecule has 1 amide bonds. The predicted octanol–water partition coefficient (Wildman–Crippen LogP) is 4.07. The van der Waals surface area contributed by atoms with E-state index in [0.29, 0.717) is 12.8 Å². The third-order valence-corrected chi connectivity index (χ3v) is 7.30. The molecule has 0 aliphatic carbocycles. The molecule has 176 valence electrons. The van der Waals surface area contributed by atoms with Gasteiger partial charge in [-0.2, -0.15) is 4.31 Å². The highest BCUT2D eigenvalue weighted by atomic mass is 32.2. The average Bonchev–Trinajstić information content (AvgIpc) is 3.05. The first-order valence-corrected chi connectivity index (χ1v) is 11.5. The van der Waals surface area contributed by atoms with E-state index in [4.69, 9.17) is 4.42 Å². The summed E-state index contributed by atoms with van der Waals surface area (Å²) < 4.78 is 73.5. The summed E-state index contributed by atoms with van der Waals surface area (Å²) in [4.78, 5) is 12.4. The van der Waals surface area contributed by atoms with Crippen LogP contribution in [0.2, 0.25) is 0 Å². The highest BCUT2D eigenvalue weighted by Crippen LogP contribution is 2.29. The van der Waals surface area contributed by atoms with Crippen molar-refractivity contribution >= 4 is 15.9 Å². The molecule has 32 heavy (non-hydrogen) atoms. The molecule has 1 unspecified atom stereocenters. The minimum absolute atomic E-state index is 0.0863. The molecule has 2 aromatic rings. The van der Waals surface area contributed by atoms with Crippen molar-refractivity contribution in [3.05, 3.63) is 47.4 Å². The van der Waals surface area contributed by atoms with Crippen molar-refractivity contribution in [2.45, 2.75) is 50.9 Å². The third-order valence-electron chi connectivity index (χ3n) is 5.41. The van der Waals surface area contributed by atoms with E-state index in [-0.39, 0.29) is 35.9 Å². The number of alkyl halides is 3. The highest BCUT2D eigenvalue weighted by Gasteiger charge is 2.34. The number of piperidine rings is 1. The van der Waals surface area contributed by atoms with Crippen LogP contribution in [0, 0.1) is 19.8 Å². The van der Waals surface area contributed by atoms with Gasteiger partial charge in [0.2, 0.25) is 15.9 Å². The van der Waals surface area contributed by atoms with Crippen LogP contribution < -0.4 is 10.1 Å². The summed E-state index contributed by atoms with van der Waals surface area (Å²) >= 11 is 0. The lowest BCUT2D eigenvalue weighted by Crippen LogP contribution is -2.43. The van der Waals surface area contributed by atoms with Crippen LogP contribution in [0.1, 0.15) is 42.9 Å². The highest BCUT2D eigenvalue weighted by molar-refractivity contribution is 7.89. The zero-order chi connectivity index (χ0) is 23.7. The van der Waals surface area contributed by atoms with Crippen molar-refractivity contribution in [3.8, 4) is 5.75 Å². The smallest absolute Gasteiger partial charge is 0.466 e. The molecule has 2 heterocycles. The number of nitrogens with one attached hydrogen (secondary N) is 1. The second-order valence-electron chi connectivity index (χ2n) is 7.80. The summed E-state index contributed by atoms with van der Waals surface area (Å²) in [6.45, 7) is 5.67. The topological polar surface area (TPSA) is 88.9 Å². The van der Waals surface area contributed by atoms with Gasteiger partial charge in [-0.05, 0) is 51.8 Å². The number of benzene rings is 1. The molecule has 11 heteroatoms. The van der Waals surface area contributed by atoms with E-state index in [9.17, 15) is 26.4 Å². The Bertz CT molecular complexity index is 1070. The van der Waals surface area contributed by atoms with Gasteiger partial charge in [-0.15, -0.1) is 13.2 Å². The van der Waals surface area contributed by atoms with Gasteiger partial charge in [0.1, 0.15) is 17.3 Å². The maximum absolute atomic E-state index is 12.9. The van der Waals surface area contributed by atoms with Crippen LogP contribution in [0.5, 0.6) is 5.75 Å². The number of hydrogen-bond acceptors (Lipinski definition) is 5. The quantitative estimate of drug-likeness (QED) is 0.682. The van der Waals surface area contributed by atoms with Crippen LogP contribution in [0.15, 0.2) is 39.6 Å². The van der Waals surface area contributed by atoms with Crippen molar-refractivity contribution in [1.29, 1.82) is 0 Å². The van der Waals surface area contributed by atoms with Crippen LogP contribution in [-0.2, 0) is 14.8 Å². The van der Waals surface area contributed by atoms with Crippen LogP contribution in [0.25, 0.3) is 0 Å². The summed E-state index contributed by atoms with van der Waals surface area (Å²) in [5.41, 5.74) is 0.886. The van der Waals surface area contributed by atoms with Crippen LogP contribution in [0.3, 0.4) is 0 Å². The van der Waals surface area contributed by atoms with Crippen molar-refractivity contribution in [2.24, 2.45) is 5.92 Å². The molecular formula is C21H25F3N2O5S. The molecule has 1 aromatic heterocycles. The van der Waals surface area contributed by atoms with Crippen LogP contribution in [0.4, 0.5) is 13.2 Å². The van der Waals surface area contributed by atoms with Crippen molar-refractivity contribution in [1.82, 2.24) is 9.62 Å². The number of amides is 1. The molecule has 0 radical (unpaired) electrons. The lowest BCUT2D eigenvalue weighted by Gasteiger charge is -2.31. The molecule has 0 saturated carbocycles. The molecule has 1 aliphatic heterocycles. The number of carbonyl (C=O) groups excluding carboxylic acids is 1. The van der Waals surface area contributed by atoms with E-state index in [0.717, 1.165) is 29.2 Å². The van der Waals surface area contributed by atoms with Gasteiger partial charge in [-0.1, -0.05) is 6.07 Å².